The van der Waals surface area contributed by atoms with Crippen molar-refractivity contribution in [3.05, 3.63) is 53.4 Å². The first-order valence-electron chi connectivity index (χ1n) is 4.11. The summed E-state index contributed by atoms with van der Waals surface area (Å²) >= 11 is 0. The summed E-state index contributed by atoms with van der Waals surface area (Å²) in [5.41, 5.74) is 0.683. The first kappa shape index (κ1) is 8.05. The molecule has 1 heterocycles. The molecule has 0 fully saturated rings. The van der Waals surface area contributed by atoms with Gasteiger partial charge in [0.15, 0.2) is 0 Å². The van der Waals surface area contributed by atoms with Crippen LogP contribution in [0.3, 0.4) is 0 Å². The Morgan fingerprint density at radius 2 is 1.92 bits per heavy atom. The second-order valence-electron chi connectivity index (χ2n) is 2.84. The zero-order valence-electron chi connectivity index (χ0n) is 7.12. The molecule has 2 heteroatoms. The molecule has 1 aromatic carbocycles. The van der Waals surface area contributed by atoms with Crippen LogP contribution in [0.5, 0.6) is 0 Å². The zero-order chi connectivity index (χ0) is 9.26. The Bertz CT molecular complexity index is 483. The minimum atomic E-state index is -0.284. The van der Waals surface area contributed by atoms with Crippen LogP contribution < -0.4 is 5.63 Å². The molecule has 0 bridgehead atoms. The molecule has 0 unspecified atom stereocenters. The Balaban J connectivity index is 2.93. The molecule has 0 saturated heterocycles. The lowest BCUT2D eigenvalue weighted by atomic mass is 10.1. The number of hydrogen-bond donors (Lipinski definition) is 0. The number of hydrogen-bond acceptors (Lipinski definition) is 2. The predicted octanol–water partition coefficient (Wildman–Crippen LogP) is 2.17. The molecule has 0 amide bonds. The highest BCUT2D eigenvalue weighted by atomic mass is 16.4. The lowest BCUT2D eigenvalue weighted by molar-refractivity contribution is 0.514. The summed E-state index contributed by atoms with van der Waals surface area (Å²) in [5.74, 6) is 0. The van der Waals surface area contributed by atoms with Crippen LogP contribution in [0, 0.1) is 6.92 Å². The van der Waals surface area contributed by atoms with Gasteiger partial charge in [0.2, 0.25) is 0 Å². The van der Waals surface area contributed by atoms with Crippen molar-refractivity contribution in [3.8, 4) is 0 Å². The molecule has 65 valence electrons. The molecule has 0 aliphatic heterocycles. The van der Waals surface area contributed by atoms with Crippen LogP contribution in [0.4, 0.5) is 0 Å². The molecule has 2 aromatic rings. The van der Waals surface area contributed by atoms with E-state index in [4.69, 9.17) is 4.42 Å². The molecule has 2 rings (SSSR count). The van der Waals surface area contributed by atoms with E-state index in [9.17, 15) is 4.79 Å². The Morgan fingerprint density at radius 1 is 1.23 bits per heavy atom. The molecule has 0 aliphatic rings. The van der Waals surface area contributed by atoms with Crippen LogP contribution >= 0.6 is 0 Å². The van der Waals surface area contributed by atoms with Gasteiger partial charge in [-0.15, -0.1) is 0 Å². The molecule has 1 aromatic heterocycles. The minimum absolute atomic E-state index is 0.284. The Kier molecular flexibility index (Phi) is 1.89. The average Bonchev–Trinajstić information content (AvgIpc) is 2.19. The van der Waals surface area contributed by atoms with Crippen LogP contribution in [0.25, 0.3) is 10.8 Å². The smallest absolute Gasteiger partial charge is 0.343 e. The van der Waals surface area contributed by atoms with Crippen molar-refractivity contribution in [2.24, 2.45) is 0 Å². The van der Waals surface area contributed by atoms with Crippen molar-refractivity contribution in [1.82, 2.24) is 0 Å². The van der Waals surface area contributed by atoms with Gasteiger partial charge in [0.25, 0.3) is 0 Å². The Morgan fingerprint density at radius 3 is 2.62 bits per heavy atom. The van der Waals surface area contributed by atoms with E-state index in [1.54, 1.807) is 6.07 Å². The average molecular weight is 173 g/mol. The quantitative estimate of drug-likeness (QED) is 0.661. The topological polar surface area (TPSA) is 30.2 Å². The third-order valence-corrected chi connectivity index (χ3v) is 2.07. The highest BCUT2D eigenvalue weighted by molar-refractivity contribution is 5.83. The van der Waals surface area contributed by atoms with E-state index in [1.165, 1.54) is 6.26 Å². The fourth-order valence-corrected chi connectivity index (χ4v) is 1.39. The summed E-state index contributed by atoms with van der Waals surface area (Å²) in [5, 5.41) is 1.57. The Labute approximate surface area is 75.8 Å². The van der Waals surface area contributed by atoms with Crippen LogP contribution in [0.2, 0.25) is 0 Å². The Hall–Kier alpha value is -1.57. The number of fused-ring (bicyclic) bond motifs is 1. The van der Waals surface area contributed by atoms with Crippen molar-refractivity contribution < 1.29 is 4.42 Å². The predicted molar refractivity (Wildman–Crippen MR) is 51.5 cm³/mol. The summed E-state index contributed by atoms with van der Waals surface area (Å²) < 4.78 is 4.87. The van der Waals surface area contributed by atoms with Crippen molar-refractivity contribution in [1.29, 1.82) is 0 Å². The van der Waals surface area contributed by atoms with E-state index in [1.807, 2.05) is 18.2 Å². The van der Waals surface area contributed by atoms with Crippen LogP contribution in [-0.4, -0.2) is 0 Å². The van der Waals surface area contributed by atoms with Gasteiger partial charge in [-0.25, -0.2) is 4.79 Å². The molecule has 0 N–H and O–H groups in total. The van der Waals surface area contributed by atoms with Gasteiger partial charge in [-0.05, 0) is 30.4 Å². The first-order valence-corrected chi connectivity index (χ1v) is 4.11. The fraction of sp³-hybridized carbons (Fsp3) is 0.0909. The van der Waals surface area contributed by atoms with Crippen LogP contribution in [0.1, 0.15) is 5.56 Å². The zero-order valence-corrected chi connectivity index (χ0v) is 7.12. The maximum atomic E-state index is 11.3. The molecular formula is C11H9O2. The lowest BCUT2D eigenvalue weighted by Gasteiger charge is -2.00. The van der Waals surface area contributed by atoms with Crippen LogP contribution in [0.15, 0.2) is 39.7 Å². The number of benzene rings is 1. The SMILES string of the molecule is [CH2]Cc1coc(=O)c2ccccc12. The maximum absolute atomic E-state index is 11.3. The van der Waals surface area contributed by atoms with E-state index >= 15 is 0 Å². The van der Waals surface area contributed by atoms with Crippen molar-refractivity contribution in [2.75, 3.05) is 0 Å². The summed E-state index contributed by atoms with van der Waals surface area (Å²) in [7, 11) is 0. The molecule has 0 atom stereocenters. The van der Waals surface area contributed by atoms with Crippen molar-refractivity contribution in [2.45, 2.75) is 6.42 Å². The first-order chi connectivity index (χ1) is 6.33. The maximum Gasteiger partial charge on any atom is 0.343 e. The van der Waals surface area contributed by atoms with Gasteiger partial charge in [0.05, 0.1) is 11.6 Å². The van der Waals surface area contributed by atoms with Gasteiger partial charge in [-0.3, -0.25) is 0 Å². The monoisotopic (exact) mass is 173 g/mol. The summed E-state index contributed by atoms with van der Waals surface area (Å²) in [6.45, 7) is 3.77. The highest BCUT2D eigenvalue weighted by Gasteiger charge is 2.02. The molecule has 13 heavy (non-hydrogen) atoms. The van der Waals surface area contributed by atoms with Gasteiger partial charge < -0.3 is 4.42 Å². The van der Waals surface area contributed by atoms with Gasteiger partial charge in [-0.2, -0.15) is 0 Å². The summed E-state index contributed by atoms with van der Waals surface area (Å²) in [6.07, 6.45) is 2.11. The standard InChI is InChI=1S/C11H9O2/c1-2-8-7-13-11(12)10-6-4-3-5-9(8)10/h3-7H,1-2H2. The minimum Gasteiger partial charge on any atom is -0.431 e. The summed E-state index contributed by atoms with van der Waals surface area (Å²) in [6, 6.07) is 7.40. The van der Waals surface area contributed by atoms with Gasteiger partial charge >= 0.3 is 5.63 Å². The lowest BCUT2D eigenvalue weighted by Crippen LogP contribution is -2.00. The van der Waals surface area contributed by atoms with Gasteiger partial charge in [-0.1, -0.05) is 18.2 Å². The van der Waals surface area contributed by atoms with E-state index in [2.05, 4.69) is 6.92 Å². The summed E-state index contributed by atoms with van der Waals surface area (Å²) in [4.78, 5) is 11.3. The van der Waals surface area contributed by atoms with Gasteiger partial charge in [0.1, 0.15) is 0 Å². The normalized spacial score (nSPS) is 10.5. The third kappa shape index (κ3) is 1.24. The van der Waals surface area contributed by atoms with Gasteiger partial charge in [0, 0.05) is 0 Å². The number of rotatable bonds is 1. The largest absolute Gasteiger partial charge is 0.431 e. The molecule has 2 nitrogen and oxygen atoms in total. The molecule has 1 radical (unpaired) electrons. The van der Waals surface area contributed by atoms with Crippen molar-refractivity contribution in [3.63, 3.8) is 0 Å². The molecule has 0 aliphatic carbocycles. The second kappa shape index (κ2) is 3.05. The third-order valence-electron chi connectivity index (χ3n) is 2.07. The molecule has 0 saturated carbocycles. The van der Waals surface area contributed by atoms with E-state index in [-0.39, 0.29) is 5.63 Å². The van der Waals surface area contributed by atoms with E-state index in [0.717, 1.165) is 10.9 Å². The molecule has 0 spiro atoms. The fourth-order valence-electron chi connectivity index (χ4n) is 1.39. The molecular weight excluding hydrogens is 164 g/mol. The second-order valence-corrected chi connectivity index (χ2v) is 2.84. The van der Waals surface area contributed by atoms with Crippen LogP contribution in [-0.2, 0) is 6.42 Å². The van der Waals surface area contributed by atoms with E-state index in [0.29, 0.717) is 11.8 Å². The highest BCUT2D eigenvalue weighted by Crippen LogP contribution is 2.14. The van der Waals surface area contributed by atoms with E-state index < -0.39 is 0 Å². The van der Waals surface area contributed by atoms with Crippen molar-refractivity contribution >= 4 is 10.8 Å².